The molecule has 0 saturated heterocycles. The molecule has 4 aromatic rings. The lowest BCUT2D eigenvalue weighted by molar-refractivity contribution is -0.112. The van der Waals surface area contributed by atoms with Gasteiger partial charge in [0.2, 0.25) is 5.88 Å². The quantitative estimate of drug-likeness (QED) is 0.309. The molecule has 0 atom stereocenters. The van der Waals surface area contributed by atoms with Crippen LogP contribution in [0.1, 0.15) is 22.3 Å². The average molecular weight is 481 g/mol. The summed E-state index contributed by atoms with van der Waals surface area (Å²) >= 11 is 0. The molecule has 0 aliphatic carbocycles. The SMILES string of the molecule is COc1ccc(NC(=O)/C(C#N)=C/c2c(Oc3cc(C)cc(C)c3)nc3c(C)cccn3c2=O)cc1. The van der Waals surface area contributed by atoms with Gasteiger partial charge in [-0.1, -0.05) is 12.1 Å². The van der Waals surface area contributed by atoms with E-state index >= 15 is 0 Å². The Bertz CT molecular complexity index is 1580. The number of nitriles is 1. The summed E-state index contributed by atoms with van der Waals surface area (Å²) in [4.78, 5) is 30.9. The van der Waals surface area contributed by atoms with E-state index in [2.05, 4.69) is 10.3 Å². The van der Waals surface area contributed by atoms with Crippen LogP contribution in [0.3, 0.4) is 0 Å². The Hall–Kier alpha value is -4.90. The number of aromatic nitrogens is 2. The van der Waals surface area contributed by atoms with Crippen LogP contribution in [-0.4, -0.2) is 22.4 Å². The molecule has 180 valence electrons. The number of ether oxygens (including phenoxy) is 2. The third-order valence-corrected chi connectivity index (χ3v) is 5.46. The molecule has 0 fully saturated rings. The van der Waals surface area contributed by atoms with E-state index in [-0.39, 0.29) is 17.0 Å². The molecule has 1 amide bonds. The number of hydrogen-bond acceptors (Lipinski definition) is 6. The third-order valence-electron chi connectivity index (χ3n) is 5.46. The van der Waals surface area contributed by atoms with Gasteiger partial charge in [-0.25, -0.2) is 0 Å². The number of rotatable bonds is 6. The molecule has 8 heteroatoms. The Morgan fingerprint density at radius 2 is 1.75 bits per heavy atom. The minimum atomic E-state index is -0.672. The van der Waals surface area contributed by atoms with Gasteiger partial charge < -0.3 is 14.8 Å². The Morgan fingerprint density at radius 1 is 1.06 bits per heavy atom. The smallest absolute Gasteiger partial charge is 0.269 e. The van der Waals surface area contributed by atoms with Crippen LogP contribution >= 0.6 is 0 Å². The molecule has 2 aromatic heterocycles. The number of fused-ring (bicyclic) bond motifs is 1. The number of hydrogen-bond donors (Lipinski definition) is 1. The molecule has 0 bridgehead atoms. The van der Waals surface area contributed by atoms with Crippen molar-refractivity contribution < 1.29 is 14.3 Å². The fraction of sp³-hybridized carbons (Fsp3) is 0.143. The van der Waals surface area contributed by atoms with Crippen LogP contribution in [-0.2, 0) is 4.79 Å². The summed E-state index contributed by atoms with van der Waals surface area (Å²) in [5, 5.41) is 12.4. The number of carbonyl (C=O) groups excluding carboxylic acids is 1. The van der Waals surface area contributed by atoms with Gasteiger partial charge in [-0.05, 0) is 86.0 Å². The molecule has 1 N–H and O–H groups in total. The lowest BCUT2D eigenvalue weighted by atomic mass is 10.1. The molecule has 8 nitrogen and oxygen atoms in total. The lowest BCUT2D eigenvalue weighted by Crippen LogP contribution is -2.20. The Morgan fingerprint density at radius 3 is 2.39 bits per heavy atom. The van der Waals surface area contributed by atoms with Gasteiger partial charge in [0.1, 0.15) is 34.4 Å². The topological polar surface area (TPSA) is 106 Å². The van der Waals surface area contributed by atoms with Crippen molar-refractivity contribution in [3.8, 4) is 23.4 Å². The van der Waals surface area contributed by atoms with E-state index in [9.17, 15) is 14.9 Å². The molecule has 2 heterocycles. The van der Waals surface area contributed by atoms with Crippen LogP contribution in [0.15, 0.2) is 71.2 Å². The molecular weight excluding hydrogens is 456 g/mol. The molecular formula is C28H24N4O4. The van der Waals surface area contributed by atoms with E-state index in [1.54, 1.807) is 43.6 Å². The van der Waals surface area contributed by atoms with E-state index in [4.69, 9.17) is 9.47 Å². The highest BCUT2D eigenvalue weighted by Gasteiger charge is 2.18. The van der Waals surface area contributed by atoms with Gasteiger partial charge in [0.25, 0.3) is 11.5 Å². The monoisotopic (exact) mass is 480 g/mol. The number of nitrogens with one attached hydrogen (secondary N) is 1. The van der Waals surface area contributed by atoms with Gasteiger partial charge >= 0.3 is 0 Å². The van der Waals surface area contributed by atoms with Crippen molar-refractivity contribution in [1.29, 1.82) is 5.26 Å². The van der Waals surface area contributed by atoms with Gasteiger partial charge in [0, 0.05) is 11.9 Å². The summed E-state index contributed by atoms with van der Waals surface area (Å²) in [5.74, 6) is 0.453. The molecule has 0 aliphatic rings. The zero-order chi connectivity index (χ0) is 25.8. The Kier molecular flexibility index (Phi) is 6.84. The third kappa shape index (κ3) is 5.10. The first-order chi connectivity index (χ1) is 17.3. The predicted octanol–water partition coefficient (Wildman–Crippen LogP) is 4.97. The highest BCUT2D eigenvalue weighted by Crippen LogP contribution is 2.27. The van der Waals surface area contributed by atoms with Crippen LogP contribution in [0.4, 0.5) is 5.69 Å². The van der Waals surface area contributed by atoms with E-state index in [0.717, 1.165) is 16.7 Å². The zero-order valence-corrected chi connectivity index (χ0v) is 20.3. The first-order valence-corrected chi connectivity index (χ1v) is 11.1. The molecule has 0 radical (unpaired) electrons. The van der Waals surface area contributed by atoms with Crippen LogP contribution in [0, 0.1) is 32.1 Å². The number of pyridine rings is 1. The fourth-order valence-corrected chi connectivity index (χ4v) is 3.76. The van der Waals surface area contributed by atoms with Crippen molar-refractivity contribution in [3.63, 3.8) is 0 Å². The number of carbonyl (C=O) groups is 1. The number of benzene rings is 2. The van der Waals surface area contributed by atoms with Crippen LogP contribution in [0.2, 0.25) is 0 Å². The molecule has 4 rings (SSSR count). The summed E-state index contributed by atoms with van der Waals surface area (Å²) in [6.45, 7) is 5.70. The Balaban J connectivity index is 1.81. The summed E-state index contributed by atoms with van der Waals surface area (Å²) in [6.07, 6.45) is 2.79. The first-order valence-electron chi connectivity index (χ1n) is 11.1. The van der Waals surface area contributed by atoms with E-state index in [0.29, 0.717) is 22.8 Å². The highest BCUT2D eigenvalue weighted by atomic mass is 16.5. The number of nitrogens with zero attached hydrogens (tertiary/aromatic N) is 3. The number of aryl methyl sites for hydroxylation is 3. The van der Waals surface area contributed by atoms with Crippen molar-refractivity contribution in [2.24, 2.45) is 0 Å². The molecule has 0 saturated carbocycles. The summed E-state index contributed by atoms with van der Waals surface area (Å²) in [7, 11) is 1.54. The van der Waals surface area contributed by atoms with Gasteiger partial charge in [-0.2, -0.15) is 10.2 Å². The largest absolute Gasteiger partial charge is 0.497 e. The number of anilines is 1. The minimum absolute atomic E-state index is 0.00398. The number of methoxy groups -OCH3 is 1. The van der Waals surface area contributed by atoms with Crippen molar-refractivity contribution >= 4 is 23.3 Å². The van der Waals surface area contributed by atoms with Crippen LogP contribution in [0.25, 0.3) is 11.7 Å². The molecule has 0 unspecified atom stereocenters. The molecule has 36 heavy (non-hydrogen) atoms. The van der Waals surface area contributed by atoms with Crippen LogP contribution in [0.5, 0.6) is 17.4 Å². The zero-order valence-electron chi connectivity index (χ0n) is 20.3. The van der Waals surface area contributed by atoms with E-state index in [1.165, 1.54) is 10.5 Å². The van der Waals surface area contributed by atoms with E-state index < -0.39 is 11.5 Å². The second-order valence-corrected chi connectivity index (χ2v) is 8.30. The van der Waals surface area contributed by atoms with Gasteiger partial charge in [0.15, 0.2) is 0 Å². The Labute approximate surface area is 208 Å². The van der Waals surface area contributed by atoms with Crippen molar-refractivity contribution in [2.45, 2.75) is 20.8 Å². The van der Waals surface area contributed by atoms with Crippen molar-refractivity contribution in [1.82, 2.24) is 9.38 Å². The van der Waals surface area contributed by atoms with E-state index in [1.807, 2.05) is 51.1 Å². The fourth-order valence-electron chi connectivity index (χ4n) is 3.76. The summed E-state index contributed by atoms with van der Waals surface area (Å²) < 4.78 is 12.5. The maximum absolute atomic E-state index is 13.5. The number of amides is 1. The molecule has 0 aliphatic heterocycles. The minimum Gasteiger partial charge on any atom is -0.497 e. The van der Waals surface area contributed by atoms with Gasteiger partial charge in [0.05, 0.1) is 7.11 Å². The summed E-state index contributed by atoms with van der Waals surface area (Å²) in [5.41, 5.74) is 2.86. The van der Waals surface area contributed by atoms with Gasteiger partial charge in [-0.3, -0.25) is 14.0 Å². The summed E-state index contributed by atoms with van der Waals surface area (Å²) in [6, 6.07) is 17.8. The molecule has 2 aromatic carbocycles. The standard InChI is InChI=1S/C28H24N4O4/c1-17-12-18(2)14-23(13-17)36-27-24(28(34)32-11-5-6-19(3)25(32)31-27)15-20(16-29)26(33)30-21-7-9-22(35-4)10-8-21/h5-15H,1-4H3,(H,30,33)/b20-15+. The van der Waals surface area contributed by atoms with Crippen molar-refractivity contribution in [3.05, 3.63) is 99.0 Å². The highest BCUT2D eigenvalue weighted by molar-refractivity contribution is 6.09. The second kappa shape index (κ2) is 10.2. The van der Waals surface area contributed by atoms with Crippen molar-refractivity contribution in [2.75, 3.05) is 12.4 Å². The second-order valence-electron chi connectivity index (χ2n) is 8.30. The lowest BCUT2D eigenvalue weighted by Gasteiger charge is -2.12. The normalized spacial score (nSPS) is 11.1. The molecule has 0 spiro atoms. The maximum Gasteiger partial charge on any atom is 0.269 e. The predicted molar refractivity (Wildman–Crippen MR) is 137 cm³/mol. The first kappa shape index (κ1) is 24.2. The van der Waals surface area contributed by atoms with Crippen LogP contribution < -0.4 is 20.3 Å². The van der Waals surface area contributed by atoms with Gasteiger partial charge in [-0.15, -0.1) is 0 Å². The average Bonchev–Trinajstić information content (AvgIpc) is 2.84. The maximum atomic E-state index is 13.5.